The Morgan fingerprint density at radius 3 is 2.21 bits per heavy atom. The molecule has 144 valence electrons. The van der Waals surface area contributed by atoms with Gasteiger partial charge in [0.05, 0.1) is 17.9 Å². The molecule has 5 heteroatoms. The maximum absolute atomic E-state index is 12.6. The lowest BCUT2D eigenvalue weighted by molar-refractivity contribution is 0.0507. The lowest BCUT2D eigenvalue weighted by atomic mass is 10.1. The minimum absolute atomic E-state index is 0.0120. The van der Waals surface area contributed by atoms with Crippen molar-refractivity contribution in [2.24, 2.45) is 0 Å². The molecule has 0 aliphatic carbocycles. The fraction of sp³-hybridized carbons (Fsp3) is 0.174. The minimum Gasteiger partial charge on any atom is -0.462 e. The van der Waals surface area contributed by atoms with Crippen LogP contribution in [0.5, 0.6) is 0 Å². The van der Waals surface area contributed by atoms with Gasteiger partial charge in [0.1, 0.15) is 0 Å². The Morgan fingerprint density at radius 2 is 1.61 bits per heavy atom. The van der Waals surface area contributed by atoms with E-state index in [4.69, 9.17) is 4.74 Å². The standard InChI is InChI=1S/C23H21F2NO2/c1-16(22(24)25)13-14-28-23(27)20-15-21(18-9-5-3-6-10-18)26(17(20)2)19-11-7-4-8-12-19/h3-12,15H,13-14H2,1-2H3. The summed E-state index contributed by atoms with van der Waals surface area (Å²) in [5, 5.41) is 0. The molecule has 3 nitrogen and oxygen atoms in total. The topological polar surface area (TPSA) is 31.2 Å². The number of halogens is 2. The van der Waals surface area contributed by atoms with Gasteiger partial charge >= 0.3 is 5.97 Å². The highest BCUT2D eigenvalue weighted by Crippen LogP contribution is 2.30. The van der Waals surface area contributed by atoms with Crippen LogP contribution in [0.4, 0.5) is 8.78 Å². The molecule has 0 spiro atoms. The fourth-order valence-corrected chi connectivity index (χ4v) is 3.01. The first kappa shape index (κ1) is 19.5. The van der Waals surface area contributed by atoms with Crippen molar-refractivity contribution in [2.75, 3.05) is 6.61 Å². The molecule has 0 saturated carbocycles. The van der Waals surface area contributed by atoms with E-state index in [-0.39, 0.29) is 18.6 Å². The highest BCUT2D eigenvalue weighted by atomic mass is 19.3. The van der Waals surface area contributed by atoms with Crippen LogP contribution in [0.3, 0.4) is 0 Å². The molecule has 28 heavy (non-hydrogen) atoms. The largest absolute Gasteiger partial charge is 0.462 e. The molecule has 0 saturated heterocycles. The molecule has 3 rings (SSSR count). The third kappa shape index (κ3) is 4.19. The first-order valence-corrected chi connectivity index (χ1v) is 9.00. The lowest BCUT2D eigenvalue weighted by Crippen LogP contribution is -2.08. The number of esters is 1. The molecule has 0 bridgehead atoms. The Balaban J connectivity index is 1.96. The van der Waals surface area contributed by atoms with Gasteiger partial charge in [-0.15, -0.1) is 0 Å². The molecule has 0 aliphatic heterocycles. The molecule has 0 fully saturated rings. The molecular formula is C23H21F2NO2. The third-order valence-corrected chi connectivity index (χ3v) is 4.58. The predicted octanol–water partition coefficient (Wildman–Crippen LogP) is 6.17. The highest BCUT2D eigenvalue weighted by Gasteiger charge is 2.20. The van der Waals surface area contributed by atoms with E-state index in [0.717, 1.165) is 22.6 Å². The SMILES string of the molecule is CC(CCOC(=O)c1cc(-c2ccccc2)n(-c2ccccc2)c1C)=C(F)F. The third-order valence-electron chi connectivity index (χ3n) is 4.58. The van der Waals surface area contributed by atoms with Crippen molar-refractivity contribution in [2.45, 2.75) is 20.3 Å². The van der Waals surface area contributed by atoms with Crippen molar-refractivity contribution in [1.82, 2.24) is 4.57 Å². The van der Waals surface area contributed by atoms with Gasteiger partial charge < -0.3 is 9.30 Å². The van der Waals surface area contributed by atoms with Crippen LogP contribution in [-0.2, 0) is 4.74 Å². The average molecular weight is 381 g/mol. The zero-order valence-electron chi connectivity index (χ0n) is 15.8. The van der Waals surface area contributed by atoms with Crippen molar-refractivity contribution in [1.29, 1.82) is 0 Å². The number of carbonyl (C=O) groups is 1. The van der Waals surface area contributed by atoms with Crippen molar-refractivity contribution in [3.05, 3.63) is 89.6 Å². The summed E-state index contributed by atoms with van der Waals surface area (Å²) in [5.74, 6) is -0.517. The van der Waals surface area contributed by atoms with Crippen LogP contribution >= 0.6 is 0 Å². The molecule has 0 amide bonds. The summed E-state index contributed by atoms with van der Waals surface area (Å²) in [7, 11) is 0. The molecule has 1 heterocycles. The van der Waals surface area contributed by atoms with Gasteiger partial charge in [0.2, 0.25) is 0 Å². The molecule has 1 aromatic heterocycles. The lowest BCUT2D eigenvalue weighted by Gasteiger charge is -2.12. The van der Waals surface area contributed by atoms with Gasteiger partial charge in [-0.1, -0.05) is 48.5 Å². The van der Waals surface area contributed by atoms with E-state index < -0.39 is 12.0 Å². The smallest absolute Gasteiger partial charge is 0.340 e. The van der Waals surface area contributed by atoms with Gasteiger partial charge in [-0.3, -0.25) is 0 Å². The monoisotopic (exact) mass is 381 g/mol. The van der Waals surface area contributed by atoms with E-state index in [2.05, 4.69) is 0 Å². The molecule has 3 aromatic rings. The number of para-hydroxylation sites is 1. The van der Waals surface area contributed by atoms with Gasteiger partial charge in [-0.2, -0.15) is 8.78 Å². The molecule has 0 N–H and O–H groups in total. The van der Waals surface area contributed by atoms with Gasteiger partial charge in [0.25, 0.3) is 6.08 Å². The summed E-state index contributed by atoms with van der Waals surface area (Å²) >= 11 is 0. The number of benzene rings is 2. The average Bonchev–Trinajstić information content (AvgIpc) is 3.06. The minimum atomic E-state index is -1.73. The number of ether oxygens (including phenoxy) is 1. The molecule has 0 radical (unpaired) electrons. The molecule has 0 unspecified atom stereocenters. The second kappa shape index (κ2) is 8.65. The van der Waals surface area contributed by atoms with E-state index >= 15 is 0 Å². The first-order chi connectivity index (χ1) is 13.5. The van der Waals surface area contributed by atoms with E-state index in [1.165, 1.54) is 6.92 Å². The second-order valence-corrected chi connectivity index (χ2v) is 6.49. The first-order valence-electron chi connectivity index (χ1n) is 9.00. The van der Waals surface area contributed by atoms with Gasteiger partial charge in [-0.05, 0) is 43.2 Å². The summed E-state index contributed by atoms with van der Waals surface area (Å²) in [5.41, 5.74) is 3.84. The van der Waals surface area contributed by atoms with E-state index in [9.17, 15) is 13.6 Å². The Bertz CT molecular complexity index is 988. The molecule has 0 atom stereocenters. The zero-order valence-corrected chi connectivity index (χ0v) is 15.8. The van der Waals surface area contributed by atoms with Crippen LogP contribution < -0.4 is 0 Å². The van der Waals surface area contributed by atoms with Crippen molar-refractivity contribution in [3.8, 4) is 16.9 Å². The Labute approximate surface area is 162 Å². The number of nitrogens with zero attached hydrogens (tertiary/aromatic N) is 1. The summed E-state index contributed by atoms with van der Waals surface area (Å²) in [6.45, 7) is 3.09. The maximum Gasteiger partial charge on any atom is 0.340 e. The number of carbonyl (C=O) groups excluding carboxylic acids is 1. The van der Waals surface area contributed by atoms with Crippen LogP contribution in [0.25, 0.3) is 16.9 Å². The van der Waals surface area contributed by atoms with Crippen LogP contribution in [0, 0.1) is 6.92 Å². The van der Waals surface area contributed by atoms with Crippen molar-refractivity contribution in [3.63, 3.8) is 0 Å². The van der Waals surface area contributed by atoms with E-state index in [1.54, 1.807) is 6.07 Å². The quantitative estimate of drug-likeness (QED) is 0.478. The summed E-state index contributed by atoms with van der Waals surface area (Å²) in [6.07, 6.45) is -1.72. The number of rotatable bonds is 6. The molecular weight excluding hydrogens is 360 g/mol. The number of hydrogen-bond acceptors (Lipinski definition) is 2. The summed E-state index contributed by atoms with van der Waals surface area (Å²) in [4.78, 5) is 12.6. The molecule has 0 aliphatic rings. The highest BCUT2D eigenvalue weighted by molar-refractivity contribution is 5.93. The van der Waals surface area contributed by atoms with Crippen molar-refractivity contribution < 1.29 is 18.3 Å². The Kier molecular flexibility index (Phi) is 6.04. The normalized spacial score (nSPS) is 10.6. The van der Waals surface area contributed by atoms with Crippen LogP contribution in [-0.4, -0.2) is 17.1 Å². The Hall–Kier alpha value is -3.21. The molecule has 2 aromatic carbocycles. The predicted molar refractivity (Wildman–Crippen MR) is 106 cm³/mol. The maximum atomic E-state index is 12.6. The van der Waals surface area contributed by atoms with Crippen LogP contribution in [0.15, 0.2) is 78.4 Å². The van der Waals surface area contributed by atoms with Crippen molar-refractivity contribution >= 4 is 5.97 Å². The van der Waals surface area contributed by atoms with Crippen LogP contribution in [0.2, 0.25) is 0 Å². The number of aromatic nitrogens is 1. The van der Waals surface area contributed by atoms with Gasteiger partial charge in [-0.25, -0.2) is 4.79 Å². The van der Waals surface area contributed by atoms with E-state index in [1.807, 2.05) is 72.2 Å². The fourth-order valence-electron chi connectivity index (χ4n) is 3.01. The van der Waals surface area contributed by atoms with Gasteiger partial charge in [0, 0.05) is 17.8 Å². The zero-order chi connectivity index (χ0) is 20.1. The second-order valence-electron chi connectivity index (χ2n) is 6.49. The summed E-state index contributed by atoms with van der Waals surface area (Å²) in [6, 6.07) is 21.3. The van der Waals surface area contributed by atoms with Crippen LogP contribution in [0.1, 0.15) is 29.4 Å². The van der Waals surface area contributed by atoms with E-state index in [0.29, 0.717) is 5.56 Å². The summed E-state index contributed by atoms with van der Waals surface area (Å²) < 4.78 is 32.3. The number of hydrogen-bond donors (Lipinski definition) is 0. The van der Waals surface area contributed by atoms with Gasteiger partial charge in [0.15, 0.2) is 0 Å². The Morgan fingerprint density at radius 1 is 1.00 bits per heavy atom.